The van der Waals surface area contributed by atoms with Crippen molar-refractivity contribution < 1.29 is 8.63 Å². The summed E-state index contributed by atoms with van der Waals surface area (Å²) in [5.74, 6) is 0. The Morgan fingerprint density at radius 1 is 1.21 bits per heavy atom. The highest BCUT2D eigenvalue weighted by atomic mass is 35.5. The van der Waals surface area contributed by atoms with Gasteiger partial charge in [0.25, 0.3) is 0 Å². The Morgan fingerprint density at radius 3 is 2.68 bits per heavy atom. The summed E-state index contributed by atoms with van der Waals surface area (Å²) < 4.78 is 27.6. The third-order valence-corrected chi connectivity index (χ3v) is 4.98. The fourth-order valence-corrected chi connectivity index (χ4v) is 3.57. The van der Waals surface area contributed by atoms with Crippen LogP contribution in [0.3, 0.4) is 0 Å². The van der Waals surface area contributed by atoms with Crippen LogP contribution in [0.25, 0.3) is 11.6 Å². The molecule has 0 bridgehead atoms. The van der Waals surface area contributed by atoms with Crippen molar-refractivity contribution in [2.75, 3.05) is 6.54 Å². The number of benzene rings is 1. The van der Waals surface area contributed by atoms with Crippen LogP contribution in [0.2, 0.25) is 5.02 Å². The molecule has 1 aromatic carbocycles. The first-order valence-corrected chi connectivity index (χ1v) is 9.39. The van der Waals surface area contributed by atoms with Gasteiger partial charge in [0.1, 0.15) is 0 Å². The van der Waals surface area contributed by atoms with Gasteiger partial charge in [-0.2, -0.15) is 0 Å². The minimum absolute atomic E-state index is 0.347. The Morgan fingerprint density at radius 2 is 2.00 bits per heavy atom. The van der Waals surface area contributed by atoms with Crippen LogP contribution in [0.5, 0.6) is 0 Å². The van der Waals surface area contributed by atoms with Crippen LogP contribution in [0.15, 0.2) is 64.9 Å². The van der Waals surface area contributed by atoms with Crippen molar-refractivity contribution >= 4 is 36.4 Å². The number of hydrogen-bond donors (Lipinski definition) is 1. The number of allylic oxidation sites excluding steroid dienone is 3. The van der Waals surface area contributed by atoms with E-state index in [2.05, 4.69) is 4.99 Å². The molecule has 28 heavy (non-hydrogen) atoms. The summed E-state index contributed by atoms with van der Waals surface area (Å²) in [7, 11) is -2.62. The zero-order valence-electron chi connectivity index (χ0n) is 15.8. The molecule has 3 nitrogen and oxygen atoms in total. The molecule has 0 amide bonds. The molecule has 0 atom stereocenters. The minimum atomic E-state index is -2.62. The summed E-state index contributed by atoms with van der Waals surface area (Å²) in [6, 6.07) is 9.02. The second kappa shape index (κ2) is 8.71. The van der Waals surface area contributed by atoms with Crippen LogP contribution >= 0.6 is 11.6 Å². The highest BCUT2D eigenvalue weighted by Crippen LogP contribution is 2.32. The first kappa shape index (κ1) is 20.3. The first-order valence-electron chi connectivity index (χ1n) is 9.01. The molecule has 2 aromatic rings. The summed E-state index contributed by atoms with van der Waals surface area (Å²) in [5, 5.41) is 0.671. The van der Waals surface area contributed by atoms with Gasteiger partial charge in [0.05, 0.1) is 11.4 Å². The lowest BCUT2D eigenvalue weighted by molar-refractivity contribution is 0.628. The molecule has 1 aliphatic heterocycles. The average Bonchev–Trinajstić information content (AvgIpc) is 3.26. The fraction of sp³-hybridized carbons (Fsp3) is 0.190. The molecular weight excluding hydrogens is 379 g/mol. The van der Waals surface area contributed by atoms with E-state index in [1.807, 2.05) is 50.3 Å². The zero-order chi connectivity index (χ0) is 20.3. The number of halogens is 3. The lowest BCUT2D eigenvalue weighted by Crippen LogP contribution is -2.16. The van der Waals surface area contributed by atoms with Crippen LogP contribution < -0.4 is 5.73 Å². The maximum Gasteiger partial charge on any atom is 0.677 e. The summed E-state index contributed by atoms with van der Waals surface area (Å²) in [5.41, 5.74) is 11.3. The second-order valence-corrected chi connectivity index (χ2v) is 7.02. The molecule has 3 rings (SSSR count). The van der Waals surface area contributed by atoms with Crippen molar-refractivity contribution in [2.45, 2.75) is 20.3 Å². The van der Waals surface area contributed by atoms with E-state index in [1.54, 1.807) is 12.1 Å². The monoisotopic (exact) mass is 399 g/mol. The van der Waals surface area contributed by atoms with Gasteiger partial charge < -0.3 is 10.2 Å². The first-order chi connectivity index (χ1) is 13.4. The molecule has 0 aliphatic carbocycles. The molecule has 2 heterocycles. The standard InChI is InChI=1S/C21H21BClF2N3/c1-14-5-3-6-19(23)17(14)9-8-16-13-15(2)21(27-16)18(10-11-26)20-7-4-12-28(20)22(24)25/h3-9,12-13H,10-11,26H2,1-2H3/b9-8+,21-18-. The van der Waals surface area contributed by atoms with E-state index >= 15 is 0 Å². The predicted molar refractivity (Wildman–Crippen MR) is 115 cm³/mol. The molecule has 1 aliphatic rings. The Hall–Kier alpha value is -2.44. The number of aryl methyl sites for hydroxylation is 1. The van der Waals surface area contributed by atoms with Crippen molar-refractivity contribution in [1.82, 2.24) is 4.48 Å². The largest absolute Gasteiger partial charge is 0.677 e. The maximum absolute atomic E-state index is 13.3. The quantitative estimate of drug-likeness (QED) is 0.650. The Labute approximate surface area is 169 Å². The van der Waals surface area contributed by atoms with E-state index in [0.29, 0.717) is 29.4 Å². The van der Waals surface area contributed by atoms with E-state index in [0.717, 1.165) is 32.5 Å². The van der Waals surface area contributed by atoms with E-state index in [-0.39, 0.29) is 0 Å². The van der Waals surface area contributed by atoms with Gasteiger partial charge >= 0.3 is 7.40 Å². The number of hydrogen-bond acceptors (Lipinski definition) is 2. The highest BCUT2D eigenvalue weighted by molar-refractivity contribution is 6.41. The van der Waals surface area contributed by atoms with E-state index < -0.39 is 7.40 Å². The molecule has 2 N–H and O–H groups in total. The smallest absolute Gasteiger partial charge is 0.332 e. The van der Waals surface area contributed by atoms with Crippen molar-refractivity contribution in [3.8, 4) is 0 Å². The lowest BCUT2D eigenvalue weighted by Gasteiger charge is -2.12. The number of nitrogens with zero attached hydrogens (tertiary/aromatic N) is 2. The van der Waals surface area contributed by atoms with Gasteiger partial charge in [0.2, 0.25) is 0 Å². The molecule has 0 fully saturated rings. The van der Waals surface area contributed by atoms with Crippen LogP contribution in [0.4, 0.5) is 8.63 Å². The molecule has 1 aromatic heterocycles. The topological polar surface area (TPSA) is 43.3 Å². The molecule has 0 radical (unpaired) electrons. The van der Waals surface area contributed by atoms with Gasteiger partial charge in [-0.05, 0) is 80.1 Å². The van der Waals surface area contributed by atoms with Crippen LogP contribution in [-0.2, 0) is 0 Å². The maximum atomic E-state index is 13.3. The van der Waals surface area contributed by atoms with Gasteiger partial charge in [-0.15, -0.1) is 0 Å². The normalized spacial score (nSPS) is 15.8. The number of aromatic nitrogens is 1. The van der Waals surface area contributed by atoms with Crippen molar-refractivity contribution in [3.63, 3.8) is 0 Å². The Balaban J connectivity index is 2.01. The molecule has 0 spiro atoms. The van der Waals surface area contributed by atoms with Crippen LogP contribution in [0, 0.1) is 6.92 Å². The summed E-state index contributed by atoms with van der Waals surface area (Å²) in [4.78, 5) is 4.68. The second-order valence-electron chi connectivity index (χ2n) is 6.61. The molecule has 0 saturated heterocycles. The summed E-state index contributed by atoms with van der Waals surface area (Å²) in [6.07, 6.45) is 7.58. The van der Waals surface area contributed by atoms with Crippen LogP contribution in [-0.4, -0.2) is 24.1 Å². The van der Waals surface area contributed by atoms with Gasteiger partial charge in [0.15, 0.2) is 0 Å². The molecular formula is C21H21BClF2N3. The van der Waals surface area contributed by atoms with Gasteiger partial charge in [-0.25, -0.2) is 4.99 Å². The average molecular weight is 400 g/mol. The van der Waals surface area contributed by atoms with Crippen molar-refractivity contribution in [1.29, 1.82) is 0 Å². The summed E-state index contributed by atoms with van der Waals surface area (Å²) in [6.45, 7) is 4.26. The van der Waals surface area contributed by atoms with Gasteiger partial charge in [0, 0.05) is 16.3 Å². The third-order valence-electron chi connectivity index (χ3n) is 4.65. The third kappa shape index (κ3) is 4.18. The fourth-order valence-electron chi connectivity index (χ4n) is 3.29. The van der Waals surface area contributed by atoms with Crippen molar-refractivity contribution in [3.05, 3.63) is 81.8 Å². The SMILES string of the molecule is CC1=CC(/C=C/c2c(C)cccc2Cl)=NC/1=C(/CCN)c1cccn1B(F)F. The predicted octanol–water partition coefficient (Wildman–Crippen LogP) is 5.40. The molecule has 0 unspecified atom stereocenters. The Kier molecular flexibility index (Phi) is 6.32. The van der Waals surface area contributed by atoms with Crippen LogP contribution in [0.1, 0.15) is 30.2 Å². The number of rotatable bonds is 6. The molecule has 144 valence electrons. The van der Waals surface area contributed by atoms with Gasteiger partial charge in [-0.3, -0.25) is 8.63 Å². The summed E-state index contributed by atoms with van der Waals surface area (Å²) >= 11 is 6.28. The highest BCUT2D eigenvalue weighted by Gasteiger charge is 2.24. The Bertz CT molecular complexity index is 983. The number of aliphatic imine (C=N–C) groups is 1. The van der Waals surface area contributed by atoms with E-state index in [9.17, 15) is 8.63 Å². The minimum Gasteiger partial charge on any atom is -0.332 e. The number of nitrogens with two attached hydrogens (primary N) is 1. The van der Waals surface area contributed by atoms with Crippen molar-refractivity contribution in [2.24, 2.45) is 10.7 Å². The molecule has 7 heteroatoms. The lowest BCUT2D eigenvalue weighted by atomic mass is 10.0. The zero-order valence-corrected chi connectivity index (χ0v) is 16.5. The molecule has 0 saturated carbocycles. The van der Waals surface area contributed by atoms with E-state index in [4.69, 9.17) is 17.3 Å². The van der Waals surface area contributed by atoms with Gasteiger partial charge in [-0.1, -0.05) is 29.8 Å². The van der Waals surface area contributed by atoms with E-state index in [1.165, 1.54) is 6.20 Å².